The first-order valence-electron chi connectivity index (χ1n) is 12.3. The molecule has 0 saturated carbocycles. The monoisotopic (exact) mass is 477 g/mol. The molecule has 1 atom stereocenters. The second kappa shape index (κ2) is 9.11. The molecule has 1 aliphatic heterocycles. The lowest BCUT2D eigenvalue weighted by Gasteiger charge is -2.42. The predicted octanol–water partition coefficient (Wildman–Crippen LogP) is 6.25. The van der Waals surface area contributed by atoms with Gasteiger partial charge in [0.2, 0.25) is 0 Å². The molecular weight excluding hydrogens is 449 g/mol. The molecule has 180 valence electrons. The molecular formula is C30H28FN5. The van der Waals surface area contributed by atoms with Crippen LogP contribution in [0.1, 0.15) is 12.5 Å². The Labute approximate surface area is 210 Å². The second-order valence-corrected chi connectivity index (χ2v) is 9.48. The number of rotatable bonds is 4. The van der Waals surface area contributed by atoms with Crippen LogP contribution in [-0.4, -0.2) is 40.2 Å². The van der Waals surface area contributed by atoms with Gasteiger partial charge in [0.1, 0.15) is 18.0 Å². The van der Waals surface area contributed by atoms with E-state index in [4.69, 9.17) is 9.97 Å². The van der Waals surface area contributed by atoms with E-state index in [0.29, 0.717) is 6.04 Å². The van der Waals surface area contributed by atoms with Crippen molar-refractivity contribution in [3.63, 3.8) is 0 Å². The van der Waals surface area contributed by atoms with Crippen molar-refractivity contribution in [1.29, 1.82) is 0 Å². The molecule has 2 aromatic heterocycles. The maximum Gasteiger partial charge on any atom is 0.150 e. The fourth-order valence-corrected chi connectivity index (χ4v) is 5.19. The molecule has 36 heavy (non-hydrogen) atoms. The highest BCUT2D eigenvalue weighted by Crippen LogP contribution is 2.37. The van der Waals surface area contributed by atoms with Crippen LogP contribution < -0.4 is 9.80 Å². The zero-order chi connectivity index (χ0) is 24.6. The van der Waals surface area contributed by atoms with E-state index in [1.54, 1.807) is 18.5 Å². The molecule has 1 fully saturated rings. The molecule has 0 bridgehead atoms. The molecule has 0 spiro atoms. The number of halogens is 1. The van der Waals surface area contributed by atoms with Gasteiger partial charge in [-0.2, -0.15) is 0 Å². The van der Waals surface area contributed by atoms with Crippen LogP contribution in [0.25, 0.3) is 27.8 Å². The molecule has 1 aliphatic rings. The number of piperazine rings is 1. The lowest BCUT2D eigenvalue weighted by Crippen LogP contribution is -2.52. The summed E-state index contributed by atoms with van der Waals surface area (Å²) < 4.78 is 15.7. The van der Waals surface area contributed by atoms with Gasteiger partial charge in [-0.25, -0.2) is 14.4 Å². The highest BCUT2D eigenvalue weighted by atomic mass is 19.1. The van der Waals surface area contributed by atoms with Gasteiger partial charge in [0, 0.05) is 48.8 Å². The Morgan fingerprint density at radius 3 is 2.28 bits per heavy atom. The van der Waals surface area contributed by atoms with Crippen LogP contribution in [-0.2, 0) is 0 Å². The lowest BCUT2D eigenvalue weighted by atomic mass is 10.1. The average molecular weight is 478 g/mol. The summed E-state index contributed by atoms with van der Waals surface area (Å²) in [4.78, 5) is 14.3. The quantitative estimate of drug-likeness (QED) is 0.307. The molecule has 0 N–H and O–H groups in total. The van der Waals surface area contributed by atoms with E-state index in [2.05, 4.69) is 66.2 Å². The Morgan fingerprint density at radius 1 is 0.833 bits per heavy atom. The van der Waals surface area contributed by atoms with Crippen LogP contribution in [0.5, 0.6) is 0 Å². The van der Waals surface area contributed by atoms with Crippen molar-refractivity contribution in [2.45, 2.75) is 19.9 Å². The van der Waals surface area contributed by atoms with Crippen molar-refractivity contribution in [3.05, 3.63) is 103 Å². The van der Waals surface area contributed by atoms with E-state index in [9.17, 15) is 4.39 Å². The Hall–Kier alpha value is -4.19. The van der Waals surface area contributed by atoms with Gasteiger partial charge in [0.05, 0.1) is 5.39 Å². The van der Waals surface area contributed by atoms with Gasteiger partial charge in [0.25, 0.3) is 0 Å². The van der Waals surface area contributed by atoms with Crippen LogP contribution in [0.15, 0.2) is 91.4 Å². The fourth-order valence-electron chi connectivity index (χ4n) is 5.19. The number of aromatic nitrogens is 3. The molecule has 1 saturated heterocycles. The summed E-state index contributed by atoms with van der Waals surface area (Å²) in [5.74, 6) is 0.685. The van der Waals surface area contributed by atoms with Gasteiger partial charge >= 0.3 is 0 Å². The Bertz CT molecular complexity index is 1490. The van der Waals surface area contributed by atoms with Gasteiger partial charge in [-0.05, 0) is 55.8 Å². The summed E-state index contributed by atoms with van der Waals surface area (Å²) in [6, 6.07) is 26.0. The SMILES string of the molecule is Cc1ccc(N2CCN(c3ncnc4c3c(-c3ccccc3)cn4-c3ccc(F)cc3)CC2C)cc1. The van der Waals surface area contributed by atoms with E-state index in [1.807, 2.05) is 22.8 Å². The number of hydrogen-bond acceptors (Lipinski definition) is 4. The molecule has 6 heteroatoms. The smallest absolute Gasteiger partial charge is 0.150 e. The normalized spacial score (nSPS) is 16.0. The van der Waals surface area contributed by atoms with Crippen molar-refractivity contribution in [2.24, 2.45) is 0 Å². The van der Waals surface area contributed by atoms with Crippen LogP contribution >= 0.6 is 0 Å². The Morgan fingerprint density at radius 2 is 1.56 bits per heavy atom. The van der Waals surface area contributed by atoms with Crippen LogP contribution in [0.4, 0.5) is 15.9 Å². The van der Waals surface area contributed by atoms with Gasteiger partial charge in [0.15, 0.2) is 5.65 Å². The minimum Gasteiger partial charge on any atom is -0.365 e. The number of nitrogens with zero attached hydrogens (tertiary/aromatic N) is 5. The largest absolute Gasteiger partial charge is 0.365 e. The van der Waals surface area contributed by atoms with Crippen LogP contribution in [0.2, 0.25) is 0 Å². The molecule has 5 nitrogen and oxygen atoms in total. The standard InChI is InChI=1S/C30H28FN5/c1-21-8-12-25(13-9-21)35-17-16-34(18-22(35)2)29-28-27(23-6-4-3-5-7-23)19-36(30(28)33-20-32-29)26-14-10-24(31)11-15-26/h3-15,19-20,22H,16-18H2,1-2H3. The van der Waals surface area contributed by atoms with Crippen molar-refractivity contribution in [3.8, 4) is 16.8 Å². The van der Waals surface area contributed by atoms with E-state index >= 15 is 0 Å². The summed E-state index contributed by atoms with van der Waals surface area (Å²) in [5.41, 5.74) is 6.38. The minimum absolute atomic E-state index is 0.255. The second-order valence-electron chi connectivity index (χ2n) is 9.48. The van der Waals surface area contributed by atoms with Gasteiger partial charge < -0.3 is 14.4 Å². The van der Waals surface area contributed by atoms with Gasteiger partial charge in [-0.1, -0.05) is 48.0 Å². The zero-order valence-corrected chi connectivity index (χ0v) is 20.5. The maximum atomic E-state index is 13.7. The summed E-state index contributed by atoms with van der Waals surface area (Å²) in [6.45, 7) is 7.02. The number of benzene rings is 3. The van der Waals surface area contributed by atoms with E-state index in [0.717, 1.165) is 53.3 Å². The first-order chi connectivity index (χ1) is 17.6. The van der Waals surface area contributed by atoms with Gasteiger partial charge in [-0.15, -0.1) is 0 Å². The number of anilines is 2. The molecule has 6 rings (SSSR count). The van der Waals surface area contributed by atoms with E-state index in [1.165, 1.54) is 23.4 Å². The predicted molar refractivity (Wildman–Crippen MR) is 144 cm³/mol. The van der Waals surface area contributed by atoms with Gasteiger partial charge in [-0.3, -0.25) is 0 Å². The number of aryl methyl sites for hydroxylation is 1. The molecule has 0 amide bonds. The topological polar surface area (TPSA) is 37.2 Å². The molecule has 3 aromatic carbocycles. The van der Waals surface area contributed by atoms with Crippen molar-refractivity contribution >= 4 is 22.5 Å². The highest BCUT2D eigenvalue weighted by molar-refractivity contribution is 6.02. The number of fused-ring (bicyclic) bond motifs is 1. The Kier molecular flexibility index (Phi) is 5.64. The van der Waals surface area contributed by atoms with Crippen molar-refractivity contribution in [2.75, 3.05) is 29.4 Å². The fraction of sp³-hybridized carbons (Fsp3) is 0.200. The third-order valence-electron chi connectivity index (χ3n) is 7.05. The average Bonchev–Trinajstić information content (AvgIpc) is 3.30. The van der Waals surface area contributed by atoms with E-state index < -0.39 is 0 Å². The molecule has 3 heterocycles. The van der Waals surface area contributed by atoms with Crippen molar-refractivity contribution < 1.29 is 4.39 Å². The van der Waals surface area contributed by atoms with E-state index in [-0.39, 0.29) is 5.82 Å². The molecule has 0 aliphatic carbocycles. The lowest BCUT2D eigenvalue weighted by molar-refractivity contribution is 0.548. The maximum absolute atomic E-state index is 13.7. The Balaban J connectivity index is 1.43. The summed E-state index contributed by atoms with van der Waals surface area (Å²) in [5, 5.41) is 1.02. The first kappa shape index (κ1) is 22.3. The third kappa shape index (κ3) is 3.98. The highest BCUT2D eigenvalue weighted by Gasteiger charge is 2.28. The summed E-state index contributed by atoms with van der Waals surface area (Å²) >= 11 is 0. The van der Waals surface area contributed by atoms with Crippen LogP contribution in [0.3, 0.4) is 0 Å². The zero-order valence-electron chi connectivity index (χ0n) is 20.5. The van der Waals surface area contributed by atoms with Crippen LogP contribution in [0, 0.1) is 12.7 Å². The molecule has 0 radical (unpaired) electrons. The first-order valence-corrected chi connectivity index (χ1v) is 12.3. The molecule has 5 aromatic rings. The summed E-state index contributed by atoms with van der Waals surface area (Å²) in [7, 11) is 0. The minimum atomic E-state index is -0.255. The van der Waals surface area contributed by atoms with Crippen molar-refractivity contribution in [1.82, 2.24) is 14.5 Å². The molecule has 1 unspecified atom stereocenters. The third-order valence-corrected chi connectivity index (χ3v) is 7.05. The summed E-state index contributed by atoms with van der Waals surface area (Å²) in [6.07, 6.45) is 3.74. The number of hydrogen-bond donors (Lipinski definition) is 0.